The number of benzene rings is 1. The summed E-state index contributed by atoms with van der Waals surface area (Å²) in [5.41, 5.74) is 1.61. The number of halogens is 1. The minimum absolute atomic E-state index is 0.128. The van der Waals surface area contributed by atoms with Gasteiger partial charge in [0.15, 0.2) is 0 Å². The third kappa shape index (κ3) is 4.82. The summed E-state index contributed by atoms with van der Waals surface area (Å²) in [4.78, 5) is 23.1. The zero-order chi connectivity index (χ0) is 17.6. The minimum atomic E-state index is -0.347. The molecule has 6 heteroatoms. The molecule has 0 bridgehead atoms. The Kier molecular flexibility index (Phi) is 5.71. The molecule has 1 aliphatic heterocycles. The van der Waals surface area contributed by atoms with Crippen molar-refractivity contribution in [1.29, 1.82) is 0 Å². The highest BCUT2D eigenvalue weighted by Gasteiger charge is 2.18. The van der Waals surface area contributed by atoms with Gasteiger partial charge >= 0.3 is 0 Å². The normalized spacial score (nSPS) is 18.1. The molecule has 1 atom stereocenters. The number of amides is 1. The van der Waals surface area contributed by atoms with E-state index in [9.17, 15) is 9.18 Å². The third-order valence-electron chi connectivity index (χ3n) is 4.56. The maximum Gasteiger partial charge on any atom is 0.271 e. The van der Waals surface area contributed by atoms with Crippen molar-refractivity contribution in [3.63, 3.8) is 0 Å². The lowest BCUT2D eigenvalue weighted by Gasteiger charge is -2.29. The highest BCUT2D eigenvalue weighted by atomic mass is 19.1. The number of nitrogens with zero attached hydrogens (tertiary/aromatic N) is 3. The number of hydrogen-bond donors (Lipinski definition) is 1. The van der Waals surface area contributed by atoms with E-state index in [0.29, 0.717) is 11.5 Å². The van der Waals surface area contributed by atoms with Crippen LogP contribution in [0.3, 0.4) is 0 Å². The number of aromatic nitrogens is 2. The van der Waals surface area contributed by atoms with E-state index in [0.717, 1.165) is 25.2 Å². The standard InChI is InChI=1S/C19H23FN4O/c1-24-8-4-5-14(13-24)9-16-11-22-18(12-21-16)19(25)23-10-15-6-2-3-7-17(15)20/h2-3,6-7,11-12,14H,4-5,8-10,13H2,1H3,(H,23,25)/t14-/m1/s1. The molecule has 1 fully saturated rings. The lowest BCUT2D eigenvalue weighted by Crippen LogP contribution is -2.33. The van der Waals surface area contributed by atoms with Crippen LogP contribution in [0.15, 0.2) is 36.7 Å². The van der Waals surface area contributed by atoms with Crippen molar-refractivity contribution in [2.75, 3.05) is 20.1 Å². The average molecular weight is 342 g/mol. The SMILES string of the molecule is CN1CCC[C@H](Cc2cnc(C(=O)NCc3ccccc3F)cn2)C1. The molecule has 0 spiro atoms. The van der Waals surface area contributed by atoms with E-state index >= 15 is 0 Å². The molecule has 2 heterocycles. The molecule has 1 aliphatic rings. The number of carbonyl (C=O) groups excluding carboxylic acids is 1. The minimum Gasteiger partial charge on any atom is -0.346 e. The molecular weight excluding hydrogens is 319 g/mol. The number of nitrogens with one attached hydrogen (secondary N) is 1. The Hall–Kier alpha value is -2.34. The summed E-state index contributed by atoms with van der Waals surface area (Å²) >= 11 is 0. The van der Waals surface area contributed by atoms with Crippen LogP contribution < -0.4 is 5.32 Å². The van der Waals surface area contributed by atoms with Gasteiger partial charge in [-0.2, -0.15) is 0 Å². The van der Waals surface area contributed by atoms with Gasteiger partial charge in [0.25, 0.3) is 5.91 Å². The fraction of sp³-hybridized carbons (Fsp3) is 0.421. The van der Waals surface area contributed by atoms with Crippen molar-refractivity contribution in [3.8, 4) is 0 Å². The van der Waals surface area contributed by atoms with E-state index in [1.807, 2.05) is 0 Å². The van der Waals surface area contributed by atoms with Crippen LogP contribution in [0.5, 0.6) is 0 Å². The number of likely N-dealkylation sites (tertiary alicyclic amines) is 1. The average Bonchev–Trinajstić information content (AvgIpc) is 2.61. The topological polar surface area (TPSA) is 58.1 Å². The van der Waals surface area contributed by atoms with E-state index in [2.05, 4.69) is 27.2 Å². The Balaban J connectivity index is 1.54. The Morgan fingerprint density at radius 1 is 1.32 bits per heavy atom. The largest absolute Gasteiger partial charge is 0.346 e. The molecule has 1 N–H and O–H groups in total. The second-order valence-electron chi connectivity index (χ2n) is 6.64. The summed E-state index contributed by atoms with van der Waals surface area (Å²) < 4.78 is 13.6. The van der Waals surface area contributed by atoms with E-state index in [1.54, 1.807) is 24.4 Å². The molecule has 1 aromatic carbocycles. The molecule has 0 saturated carbocycles. The van der Waals surface area contributed by atoms with Gasteiger partial charge in [0.1, 0.15) is 11.5 Å². The molecule has 1 saturated heterocycles. The fourth-order valence-electron chi connectivity index (χ4n) is 3.22. The number of carbonyl (C=O) groups is 1. The van der Waals surface area contributed by atoms with Crippen LogP contribution in [0.25, 0.3) is 0 Å². The van der Waals surface area contributed by atoms with Crippen LogP contribution in [-0.2, 0) is 13.0 Å². The van der Waals surface area contributed by atoms with Crippen molar-refractivity contribution in [3.05, 3.63) is 59.4 Å². The zero-order valence-electron chi connectivity index (χ0n) is 14.4. The van der Waals surface area contributed by atoms with Gasteiger partial charge in [0.2, 0.25) is 0 Å². The lowest BCUT2D eigenvalue weighted by molar-refractivity contribution is 0.0945. The van der Waals surface area contributed by atoms with Crippen molar-refractivity contribution in [2.45, 2.75) is 25.8 Å². The maximum atomic E-state index is 13.6. The monoisotopic (exact) mass is 342 g/mol. The number of rotatable bonds is 5. The Morgan fingerprint density at radius 3 is 2.88 bits per heavy atom. The molecular formula is C19H23FN4O. The molecule has 0 unspecified atom stereocenters. The van der Waals surface area contributed by atoms with Crippen LogP contribution in [0, 0.1) is 11.7 Å². The first-order valence-electron chi connectivity index (χ1n) is 8.63. The first-order valence-corrected chi connectivity index (χ1v) is 8.63. The quantitative estimate of drug-likeness (QED) is 0.907. The van der Waals surface area contributed by atoms with Crippen LogP contribution >= 0.6 is 0 Å². The Bertz CT molecular complexity index is 720. The molecule has 132 valence electrons. The van der Waals surface area contributed by atoms with Crippen molar-refractivity contribution >= 4 is 5.91 Å². The van der Waals surface area contributed by atoms with Crippen LogP contribution in [0.4, 0.5) is 4.39 Å². The number of hydrogen-bond acceptors (Lipinski definition) is 4. The predicted molar refractivity (Wildman–Crippen MR) is 93.5 cm³/mol. The highest BCUT2D eigenvalue weighted by Crippen LogP contribution is 2.18. The highest BCUT2D eigenvalue weighted by molar-refractivity contribution is 5.91. The third-order valence-corrected chi connectivity index (χ3v) is 4.56. The fourth-order valence-corrected chi connectivity index (χ4v) is 3.22. The first-order chi connectivity index (χ1) is 12.1. The van der Waals surface area contributed by atoms with Gasteiger partial charge in [-0.15, -0.1) is 0 Å². The molecule has 1 amide bonds. The Labute approximate surface area is 147 Å². The summed E-state index contributed by atoms with van der Waals surface area (Å²) in [5, 5.41) is 2.67. The van der Waals surface area contributed by atoms with E-state index in [1.165, 1.54) is 25.1 Å². The summed E-state index contributed by atoms with van der Waals surface area (Å²) in [6.45, 7) is 2.36. The summed E-state index contributed by atoms with van der Waals surface area (Å²) in [7, 11) is 2.14. The zero-order valence-corrected chi connectivity index (χ0v) is 14.4. The smallest absolute Gasteiger partial charge is 0.271 e. The van der Waals surface area contributed by atoms with Gasteiger partial charge in [-0.3, -0.25) is 9.78 Å². The van der Waals surface area contributed by atoms with Gasteiger partial charge in [-0.25, -0.2) is 9.37 Å². The van der Waals surface area contributed by atoms with Crippen LogP contribution in [-0.4, -0.2) is 40.9 Å². The van der Waals surface area contributed by atoms with Crippen molar-refractivity contribution in [2.24, 2.45) is 5.92 Å². The maximum absolute atomic E-state index is 13.6. The van der Waals surface area contributed by atoms with Crippen molar-refractivity contribution < 1.29 is 9.18 Å². The first kappa shape index (κ1) is 17.5. The summed E-state index contributed by atoms with van der Waals surface area (Å²) in [6, 6.07) is 6.38. The van der Waals surface area contributed by atoms with Crippen LogP contribution in [0.1, 0.15) is 34.6 Å². The van der Waals surface area contributed by atoms with Crippen molar-refractivity contribution in [1.82, 2.24) is 20.2 Å². The predicted octanol–water partition coefficient (Wildman–Crippen LogP) is 2.43. The summed E-state index contributed by atoms with van der Waals surface area (Å²) in [5.74, 6) is -0.0878. The number of piperidine rings is 1. The van der Waals surface area contributed by atoms with Gasteiger partial charge in [0, 0.05) is 24.8 Å². The van der Waals surface area contributed by atoms with E-state index in [4.69, 9.17) is 0 Å². The molecule has 3 rings (SSSR count). The molecule has 5 nitrogen and oxygen atoms in total. The molecule has 0 radical (unpaired) electrons. The van der Waals surface area contributed by atoms with E-state index < -0.39 is 0 Å². The van der Waals surface area contributed by atoms with Gasteiger partial charge in [-0.1, -0.05) is 18.2 Å². The molecule has 25 heavy (non-hydrogen) atoms. The summed E-state index contributed by atoms with van der Waals surface area (Å²) in [6.07, 6.45) is 6.47. The van der Waals surface area contributed by atoms with Gasteiger partial charge in [-0.05, 0) is 44.8 Å². The second-order valence-corrected chi connectivity index (χ2v) is 6.64. The molecule has 2 aromatic rings. The van der Waals surface area contributed by atoms with Crippen LogP contribution in [0.2, 0.25) is 0 Å². The van der Waals surface area contributed by atoms with E-state index in [-0.39, 0.29) is 24.0 Å². The molecule has 0 aliphatic carbocycles. The lowest BCUT2D eigenvalue weighted by atomic mass is 9.94. The molecule has 1 aromatic heterocycles. The van der Waals surface area contributed by atoms with Gasteiger partial charge < -0.3 is 10.2 Å². The van der Waals surface area contributed by atoms with Gasteiger partial charge in [0.05, 0.1) is 11.9 Å². The Morgan fingerprint density at radius 2 is 2.16 bits per heavy atom. The second kappa shape index (κ2) is 8.16.